The van der Waals surface area contributed by atoms with E-state index < -0.39 is 0 Å². The first-order valence-corrected chi connectivity index (χ1v) is 7.27. The van der Waals surface area contributed by atoms with E-state index in [2.05, 4.69) is 5.32 Å². The Balaban J connectivity index is 1.76. The first kappa shape index (κ1) is 14.8. The number of hydrogen-bond acceptors (Lipinski definition) is 5. The van der Waals surface area contributed by atoms with Gasteiger partial charge in [0.2, 0.25) is 6.79 Å². The summed E-state index contributed by atoms with van der Waals surface area (Å²) < 4.78 is 21.1. The molecule has 1 aromatic carbocycles. The lowest BCUT2D eigenvalue weighted by Gasteiger charge is -2.24. The van der Waals surface area contributed by atoms with Gasteiger partial charge in [0.1, 0.15) is 5.75 Å². The first-order chi connectivity index (χ1) is 10.7. The molecule has 0 aromatic heterocycles. The largest absolute Gasteiger partial charge is 0.494 e. The number of ether oxygens (including phenoxy) is 4. The highest BCUT2D eigenvalue weighted by Crippen LogP contribution is 2.40. The maximum absolute atomic E-state index is 12.5. The van der Waals surface area contributed by atoms with Crippen molar-refractivity contribution >= 4 is 11.7 Å². The molecule has 7 nitrogen and oxygen atoms in total. The Morgan fingerprint density at radius 3 is 2.86 bits per heavy atom. The Morgan fingerprint density at radius 1 is 1.36 bits per heavy atom. The minimum atomic E-state index is -0.156. The van der Waals surface area contributed by atoms with Gasteiger partial charge >= 0.3 is 6.03 Å². The summed E-state index contributed by atoms with van der Waals surface area (Å²) in [6.07, 6.45) is 1.94. The molecular weight excluding hydrogens is 288 g/mol. The molecule has 2 aliphatic rings. The van der Waals surface area contributed by atoms with Gasteiger partial charge in [-0.3, -0.25) is 0 Å². The summed E-state index contributed by atoms with van der Waals surface area (Å²) in [5, 5.41) is 2.89. The van der Waals surface area contributed by atoms with Crippen molar-refractivity contribution in [3.05, 3.63) is 12.1 Å². The zero-order valence-corrected chi connectivity index (χ0v) is 12.8. The number of carbonyl (C=O) groups is 1. The van der Waals surface area contributed by atoms with Gasteiger partial charge in [0, 0.05) is 25.8 Å². The van der Waals surface area contributed by atoms with Gasteiger partial charge in [-0.15, -0.1) is 0 Å². The van der Waals surface area contributed by atoms with Crippen molar-refractivity contribution in [3.8, 4) is 17.2 Å². The van der Waals surface area contributed by atoms with Gasteiger partial charge < -0.3 is 29.2 Å². The number of methoxy groups -OCH3 is 2. The topological polar surface area (TPSA) is 69.3 Å². The third-order valence-electron chi connectivity index (χ3n) is 3.93. The Labute approximate surface area is 129 Å². The molecule has 0 spiro atoms. The fourth-order valence-corrected chi connectivity index (χ4v) is 2.85. The van der Waals surface area contributed by atoms with Crippen molar-refractivity contribution in [2.75, 3.05) is 39.5 Å². The number of urea groups is 1. The van der Waals surface area contributed by atoms with Gasteiger partial charge in [-0.05, 0) is 12.8 Å². The van der Waals surface area contributed by atoms with Gasteiger partial charge in [0.15, 0.2) is 11.5 Å². The fraction of sp³-hybridized carbons (Fsp3) is 0.533. The summed E-state index contributed by atoms with van der Waals surface area (Å²) in [6.45, 7) is 1.45. The molecule has 1 N–H and O–H groups in total. The SMILES string of the molecule is COC[C@@H]1CCCN1C(=O)Nc1cc2c(cc1OC)OCO2. The van der Waals surface area contributed by atoms with Gasteiger partial charge in [-0.25, -0.2) is 4.79 Å². The number of hydrogen-bond donors (Lipinski definition) is 1. The quantitative estimate of drug-likeness (QED) is 0.922. The van der Waals surface area contributed by atoms with Gasteiger partial charge in [0.25, 0.3) is 0 Å². The van der Waals surface area contributed by atoms with Gasteiger partial charge in [0.05, 0.1) is 25.4 Å². The van der Waals surface area contributed by atoms with E-state index in [-0.39, 0.29) is 18.9 Å². The van der Waals surface area contributed by atoms with Crippen LogP contribution >= 0.6 is 0 Å². The molecule has 7 heteroatoms. The van der Waals surface area contributed by atoms with Crippen molar-refractivity contribution in [1.82, 2.24) is 4.90 Å². The van der Waals surface area contributed by atoms with Crippen LogP contribution in [0.1, 0.15) is 12.8 Å². The Kier molecular flexibility index (Phi) is 4.24. The number of likely N-dealkylation sites (tertiary alicyclic amines) is 1. The van der Waals surface area contributed by atoms with E-state index in [1.54, 1.807) is 31.3 Å². The molecule has 0 bridgehead atoms. The van der Waals surface area contributed by atoms with E-state index in [0.717, 1.165) is 19.4 Å². The molecule has 0 radical (unpaired) electrons. The molecular formula is C15H20N2O5. The maximum Gasteiger partial charge on any atom is 0.322 e. The van der Waals surface area contributed by atoms with Crippen molar-refractivity contribution in [3.63, 3.8) is 0 Å². The minimum absolute atomic E-state index is 0.116. The van der Waals surface area contributed by atoms with Crippen LogP contribution in [-0.4, -0.2) is 51.1 Å². The second-order valence-electron chi connectivity index (χ2n) is 5.28. The average molecular weight is 308 g/mol. The zero-order valence-electron chi connectivity index (χ0n) is 12.8. The number of carbonyl (C=O) groups excluding carboxylic acids is 1. The van der Waals surface area contributed by atoms with E-state index in [9.17, 15) is 4.79 Å². The molecule has 2 amide bonds. The Hall–Kier alpha value is -2.15. The zero-order chi connectivity index (χ0) is 15.5. The number of fused-ring (bicyclic) bond motifs is 1. The maximum atomic E-state index is 12.5. The molecule has 1 atom stereocenters. The van der Waals surface area contributed by atoms with E-state index in [1.165, 1.54) is 0 Å². The van der Waals surface area contributed by atoms with Crippen LogP contribution in [0.3, 0.4) is 0 Å². The molecule has 1 fully saturated rings. The van der Waals surface area contributed by atoms with Crippen LogP contribution in [-0.2, 0) is 4.74 Å². The van der Waals surface area contributed by atoms with Gasteiger partial charge in [-0.1, -0.05) is 0 Å². The third kappa shape index (κ3) is 2.76. The summed E-state index contributed by atoms with van der Waals surface area (Å²) in [4.78, 5) is 14.3. The molecule has 0 unspecified atom stereocenters. The minimum Gasteiger partial charge on any atom is -0.494 e. The smallest absolute Gasteiger partial charge is 0.322 e. The Bertz CT molecular complexity index is 563. The normalized spacial score (nSPS) is 19.4. The summed E-state index contributed by atoms with van der Waals surface area (Å²) in [5.41, 5.74) is 0.569. The van der Waals surface area contributed by atoms with Gasteiger partial charge in [-0.2, -0.15) is 0 Å². The average Bonchev–Trinajstić information content (AvgIpc) is 3.15. The monoisotopic (exact) mass is 308 g/mol. The predicted molar refractivity (Wildman–Crippen MR) is 79.7 cm³/mol. The lowest BCUT2D eigenvalue weighted by atomic mass is 10.2. The molecule has 1 saturated heterocycles. The van der Waals surface area contributed by atoms with Crippen LogP contribution in [0.15, 0.2) is 12.1 Å². The molecule has 2 heterocycles. The highest BCUT2D eigenvalue weighted by atomic mass is 16.7. The van der Waals surface area contributed by atoms with Crippen molar-refractivity contribution in [2.45, 2.75) is 18.9 Å². The lowest BCUT2D eigenvalue weighted by Crippen LogP contribution is -2.40. The van der Waals surface area contributed by atoms with Crippen LogP contribution in [0.5, 0.6) is 17.2 Å². The summed E-state index contributed by atoms with van der Waals surface area (Å²) in [7, 11) is 3.20. The lowest BCUT2D eigenvalue weighted by molar-refractivity contribution is 0.128. The van der Waals surface area contributed by atoms with Crippen molar-refractivity contribution in [1.29, 1.82) is 0 Å². The summed E-state index contributed by atoms with van der Waals surface area (Å²) in [5.74, 6) is 1.76. The molecule has 0 aliphatic carbocycles. The molecule has 120 valence electrons. The van der Waals surface area contributed by atoms with Crippen LogP contribution in [0, 0.1) is 0 Å². The van der Waals surface area contributed by atoms with Crippen molar-refractivity contribution < 1.29 is 23.7 Å². The first-order valence-electron chi connectivity index (χ1n) is 7.27. The number of amides is 2. The fourth-order valence-electron chi connectivity index (χ4n) is 2.85. The molecule has 2 aliphatic heterocycles. The van der Waals surface area contributed by atoms with Crippen LogP contribution < -0.4 is 19.5 Å². The number of nitrogens with one attached hydrogen (secondary N) is 1. The third-order valence-corrected chi connectivity index (χ3v) is 3.93. The highest BCUT2D eigenvalue weighted by molar-refractivity contribution is 5.92. The van der Waals surface area contributed by atoms with Crippen LogP contribution in [0.2, 0.25) is 0 Å². The van der Waals surface area contributed by atoms with E-state index >= 15 is 0 Å². The second-order valence-corrected chi connectivity index (χ2v) is 5.28. The molecule has 3 rings (SSSR count). The van der Waals surface area contributed by atoms with Crippen LogP contribution in [0.4, 0.5) is 10.5 Å². The van der Waals surface area contributed by atoms with Crippen molar-refractivity contribution in [2.24, 2.45) is 0 Å². The number of benzene rings is 1. The molecule has 1 aromatic rings. The standard InChI is InChI=1S/C15H20N2O5/c1-19-8-10-4-3-5-17(10)15(18)16-11-6-13-14(22-9-21-13)7-12(11)20-2/h6-7,10H,3-5,8-9H2,1-2H3,(H,16,18)/t10-/m0/s1. The van der Waals surface area contributed by atoms with Crippen LogP contribution in [0.25, 0.3) is 0 Å². The van der Waals surface area contributed by atoms with E-state index in [1.807, 2.05) is 0 Å². The van der Waals surface area contributed by atoms with E-state index in [4.69, 9.17) is 18.9 Å². The summed E-state index contributed by atoms with van der Waals surface area (Å²) >= 11 is 0. The van der Waals surface area contributed by atoms with E-state index in [0.29, 0.717) is 29.5 Å². The number of nitrogens with zero attached hydrogens (tertiary/aromatic N) is 1. The Morgan fingerprint density at radius 2 is 2.14 bits per heavy atom. The number of anilines is 1. The molecule has 0 saturated carbocycles. The molecule has 22 heavy (non-hydrogen) atoms. The number of rotatable bonds is 4. The second kappa shape index (κ2) is 6.31. The predicted octanol–water partition coefficient (Wildman–Crippen LogP) is 2.07. The highest BCUT2D eigenvalue weighted by Gasteiger charge is 2.29. The summed E-state index contributed by atoms with van der Waals surface area (Å²) in [6, 6.07) is 3.40.